The zero-order valence-electron chi connectivity index (χ0n) is 21.0. The van der Waals surface area contributed by atoms with Gasteiger partial charge in [-0.3, -0.25) is 23.5 Å². The number of nitrogens with zero attached hydrogens (tertiary/aromatic N) is 2. The van der Waals surface area contributed by atoms with Gasteiger partial charge in [0, 0.05) is 9.79 Å². The summed E-state index contributed by atoms with van der Waals surface area (Å²) >= 11 is 1.58. The van der Waals surface area contributed by atoms with E-state index in [0.717, 1.165) is 9.79 Å². The Labute approximate surface area is 210 Å². The van der Waals surface area contributed by atoms with Gasteiger partial charge < -0.3 is 4.74 Å². The molecular weight excluding hydrogens is 489 g/mol. The summed E-state index contributed by atoms with van der Waals surface area (Å²) < 4.78 is 37.1. The predicted molar refractivity (Wildman–Crippen MR) is 137 cm³/mol. The van der Waals surface area contributed by atoms with Crippen molar-refractivity contribution in [3.05, 3.63) is 48.5 Å². The highest BCUT2D eigenvalue weighted by Crippen LogP contribution is 2.55. The van der Waals surface area contributed by atoms with E-state index in [1.807, 2.05) is 48.5 Å². The number of methoxy groups -OCH3 is 1. The van der Waals surface area contributed by atoms with E-state index in [1.54, 1.807) is 57.9 Å². The Morgan fingerprint density at radius 2 is 1.63 bits per heavy atom. The summed E-state index contributed by atoms with van der Waals surface area (Å²) in [5.41, 5.74) is -0.300. The number of anilines is 1. The molecule has 9 nitrogen and oxygen atoms in total. The second kappa shape index (κ2) is 10.7. The molecule has 2 aromatic carbocycles. The van der Waals surface area contributed by atoms with Crippen LogP contribution in [0.2, 0.25) is 0 Å². The first-order valence-corrected chi connectivity index (χ1v) is 13.3. The van der Waals surface area contributed by atoms with Gasteiger partial charge in [0.1, 0.15) is 6.73 Å². The van der Waals surface area contributed by atoms with Crippen molar-refractivity contribution in [1.82, 2.24) is 9.55 Å². The largest absolute Gasteiger partial charge is 0.477 e. The number of hydrogen-bond acceptors (Lipinski definition) is 8. The Morgan fingerprint density at radius 3 is 2.20 bits per heavy atom. The number of benzene rings is 2. The summed E-state index contributed by atoms with van der Waals surface area (Å²) in [4.78, 5) is 18.5. The Kier molecular flexibility index (Phi) is 8.34. The van der Waals surface area contributed by atoms with Crippen molar-refractivity contribution in [3.63, 3.8) is 0 Å². The molecule has 0 spiro atoms. The summed E-state index contributed by atoms with van der Waals surface area (Å²) in [5.74, 6) is 0.173. The lowest BCUT2D eigenvalue weighted by molar-refractivity contribution is -0.00542. The maximum Gasteiger partial charge on any atom is 0.477 e. The molecule has 190 valence electrons. The fraction of sp³-hybridized carbons (Fsp3) is 0.417. The molecule has 0 aliphatic heterocycles. The molecule has 11 heteroatoms. The average Bonchev–Trinajstić information content (AvgIpc) is 3.06. The minimum atomic E-state index is -4.01. The van der Waals surface area contributed by atoms with Gasteiger partial charge in [0.05, 0.1) is 29.3 Å². The van der Waals surface area contributed by atoms with Gasteiger partial charge in [-0.2, -0.15) is 0 Å². The van der Waals surface area contributed by atoms with Crippen LogP contribution >= 0.6 is 19.6 Å². The Balaban J connectivity index is 1.99. The van der Waals surface area contributed by atoms with Crippen molar-refractivity contribution in [1.29, 1.82) is 0 Å². The summed E-state index contributed by atoms with van der Waals surface area (Å²) in [6, 6.07) is 15.6. The van der Waals surface area contributed by atoms with Crippen molar-refractivity contribution in [3.8, 4) is 0 Å². The Morgan fingerprint density at radius 1 is 1.00 bits per heavy atom. The highest BCUT2D eigenvalue weighted by Gasteiger charge is 2.37. The second-order valence-electron chi connectivity index (χ2n) is 9.66. The molecule has 0 unspecified atom stereocenters. The number of phosphoric ester groups is 1. The van der Waals surface area contributed by atoms with Crippen molar-refractivity contribution < 1.29 is 27.7 Å². The number of rotatable bonds is 8. The molecule has 0 atom stereocenters. The highest BCUT2D eigenvalue weighted by molar-refractivity contribution is 7.99. The third kappa shape index (κ3) is 8.08. The van der Waals surface area contributed by atoms with E-state index in [-0.39, 0.29) is 12.7 Å². The number of aromatic nitrogens is 2. The Hall–Kier alpha value is -2.36. The molecule has 0 saturated carbocycles. The molecule has 1 N–H and O–H groups in total. The molecule has 1 heterocycles. The summed E-state index contributed by atoms with van der Waals surface area (Å²) in [6.07, 6.45) is -0.694. The van der Waals surface area contributed by atoms with Crippen molar-refractivity contribution >= 4 is 42.7 Å². The Bertz CT molecular complexity index is 1200. The minimum Gasteiger partial charge on any atom is -0.453 e. The quantitative estimate of drug-likeness (QED) is 0.314. The number of carbonyl (C=O) groups is 1. The average molecular weight is 522 g/mol. The normalized spacial score (nSPS) is 12.7. The van der Waals surface area contributed by atoms with Gasteiger partial charge in [0.15, 0.2) is 0 Å². The van der Waals surface area contributed by atoms with Gasteiger partial charge in [-0.05, 0) is 71.9 Å². The van der Waals surface area contributed by atoms with Crippen LogP contribution in [0.3, 0.4) is 0 Å². The molecule has 0 radical (unpaired) electrons. The first-order valence-electron chi connectivity index (χ1n) is 11.0. The molecule has 35 heavy (non-hydrogen) atoms. The van der Waals surface area contributed by atoms with Gasteiger partial charge >= 0.3 is 13.9 Å². The lowest BCUT2D eigenvalue weighted by atomic mass is 10.2. The molecule has 0 bridgehead atoms. The van der Waals surface area contributed by atoms with Crippen LogP contribution in [-0.4, -0.2) is 34.0 Å². The monoisotopic (exact) mass is 521 g/mol. The molecule has 1 aromatic heterocycles. The number of carbonyl (C=O) groups excluding carboxylic acids is 1. The van der Waals surface area contributed by atoms with Gasteiger partial charge in [-0.1, -0.05) is 30.0 Å². The van der Waals surface area contributed by atoms with Gasteiger partial charge in [0.25, 0.3) is 0 Å². The molecule has 3 rings (SSSR count). The molecule has 0 fully saturated rings. The smallest absolute Gasteiger partial charge is 0.453 e. The zero-order valence-corrected chi connectivity index (χ0v) is 22.7. The molecular formula is C24H32N3O6PS. The van der Waals surface area contributed by atoms with E-state index in [4.69, 9.17) is 18.3 Å². The fourth-order valence-electron chi connectivity index (χ4n) is 3.03. The molecule has 3 aromatic rings. The van der Waals surface area contributed by atoms with Crippen LogP contribution in [0.1, 0.15) is 41.5 Å². The van der Waals surface area contributed by atoms with E-state index in [0.29, 0.717) is 11.0 Å². The summed E-state index contributed by atoms with van der Waals surface area (Å²) in [5, 5.41) is 2.58. The molecule has 0 aliphatic carbocycles. The predicted octanol–water partition coefficient (Wildman–Crippen LogP) is 7.08. The number of ether oxygens (including phenoxy) is 1. The maximum atomic E-state index is 13.6. The minimum absolute atomic E-state index is 0.173. The first kappa shape index (κ1) is 27.2. The number of nitrogens with one attached hydrogen (secondary N) is 1. The molecule has 0 saturated heterocycles. The second-order valence-corrected chi connectivity index (χ2v) is 12.3. The number of hydrogen-bond donors (Lipinski definition) is 1. The topological polar surface area (TPSA) is 101 Å². The van der Waals surface area contributed by atoms with Crippen LogP contribution in [0.25, 0.3) is 11.0 Å². The summed E-state index contributed by atoms with van der Waals surface area (Å²) in [7, 11) is -2.75. The van der Waals surface area contributed by atoms with Crippen LogP contribution in [0.5, 0.6) is 0 Å². The summed E-state index contributed by atoms with van der Waals surface area (Å²) in [6.45, 7) is 10.3. The number of imidazole rings is 1. The lowest BCUT2D eigenvalue weighted by Crippen LogP contribution is -2.25. The third-order valence-electron chi connectivity index (χ3n) is 4.21. The van der Waals surface area contributed by atoms with E-state index in [1.165, 1.54) is 7.11 Å². The number of phosphoric acid groups is 1. The zero-order chi connectivity index (χ0) is 25.9. The van der Waals surface area contributed by atoms with E-state index in [2.05, 4.69) is 10.3 Å². The van der Waals surface area contributed by atoms with Crippen LogP contribution in [-0.2, 0) is 29.6 Å². The van der Waals surface area contributed by atoms with E-state index < -0.39 is 25.1 Å². The van der Waals surface area contributed by atoms with Gasteiger partial charge in [-0.25, -0.2) is 14.3 Å². The third-order valence-corrected chi connectivity index (χ3v) is 7.19. The van der Waals surface area contributed by atoms with Crippen LogP contribution in [0.4, 0.5) is 10.7 Å². The van der Waals surface area contributed by atoms with Crippen molar-refractivity contribution in [2.75, 3.05) is 12.4 Å². The van der Waals surface area contributed by atoms with Crippen LogP contribution < -0.4 is 5.32 Å². The molecule has 0 aliphatic rings. The number of fused-ring (bicyclic) bond motifs is 1. The van der Waals surface area contributed by atoms with E-state index >= 15 is 0 Å². The molecule has 1 amide bonds. The van der Waals surface area contributed by atoms with Crippen molar-refractivity contribution in [2.45, 2.75) is 69.3 Å². The number of amides is 1. The maximum absolute atomic E-state index is 13.6. The standard InChI is InChI=1S/C24H32N3O6PS/c1-23(2,3)32-34(29,33-24(4,5)6)31-16-27-20-15-18(35-17-11-9-8-10-12-17)13-14-19(20)25-21(27)26-22(28)30-7/h8-15H,16H2,1-7H3,(H,25,26,28). The van der Waals surface area contributed by atoms with Gasteiger partial charge in [0.2, 0.25) is 5.95 Å². The first-order chi connectivity index (χ1) is 16.3. The lowest BCUT2D eigenvalue weighted by Gasteiger charge is -2.31. The van der Waals surface area contributed by atoms with E-state index in [9.17, 15) is 9.36 Å². The van der Waals surface area contributed by atoms with Gasteiger partial charge in [-0.15, -0.1) is 0 Å². The van der Waals surface area contributed by atoms with Crippen molar-refractivity contribution in [2.24, 2.45) is 0 Å². The SMILES string of the molecule is COC(=O)Nc1nc2ccc(Sc3ccccc3)cc2n1COP(=O)(OC(C)(C)C)OC(C)(C)C. The van der Waals surface area contributed by atoms with Crippen LogP contribution in [0, 0.1) is 0 Å². The highest BCUT2D eigenvalue weighted by atomic mass is 32.2. The van der Waals surface area contributed by atoms with Crippen LogP contribution in [0.15, 0.2) is 58.3 Å². The fourth-order valence-corrected chi connectivity index (χ4v) is 5.64.